The van der Waals surface area contributed by atoms with Crippen LogP contribution in [-0.2, 0) is 0 Å². The second-order valence-corrected chi connectivity index (χ2v) is 4.76. The maximum atomic E-state index is 5.58. The van der Waals surface area contributed by atoms with Gasteiger partial charge in [0.05, 0.1) is 12.0 Å². The van der Waals surface area contributed by atoms with E-state index in [0.29, 0.717) is 0 Å². The first-order chi connectivity index (χ1) is 9.93. The summed E-state index contributed by atoms with van der Waals surface area (Å²) in [6, 6.07) is 22.6. The van der Waals surface area contributed by atoms with Crippen LogP contribution < -0.4 is 0 Å². The van der Waals surface area contributed by atoms with Crippen molar-refractivity contribution in [3.05, 3.63) is 73.0 Å². The van der Waals surface area contributed by atoms with Crippen LogP contribution in [0.5, 0.6) is 0 Å². The summed E-state index contributed by atoms with van der Waals surface area (Å²) >= 11 is 0. The molecule has 2 aromatic heterocycles. The van der Waals surface area contributed by atoms with Crippen molar-refractivity contribution in [2.24, 2.45) is 0 Å². The molecule has 1 N–H and O–H groups in total. The number of para-hydroxylation sites is 1. The molecular weight excluding hydrogens is 246 g/mol. The van der Waals surface area contributed by atoms with Crippen molar-refractivity contribution in [3.8, 4) is 22.6 Å². The molecule has 0 fully saturated rings. The zero-order valence-corrected chi connectivity index (χ0v) is 10.8. The van der Waals surface area contributed by atoms with Crippen molar-refractivity contribution in [3.63, 3.8) is 0 Å². The highest BCUT2D eigenvalue weighted by Crippen LogP contribution is 2.38. The third-order valence-electron chi connectivity index (χ3n) is 3.54. The Bertz CT molecular complexity index is 842. The molecule has 2 heteroatoms. The van der Waals surface area contributed by atoms with Crippen molar-refractivity contribution >= 4 is 10.9 Å². The summed E-state index contributed by atoms with van der Waals surface area (Å²) in [5.41, 5.74) is 4.53. The number of H-pyrrole nitrogens is 1. The van der Waals surface area contributed by atoms with E-state index in [4.69, 9.17) is 4.42 Å². The Hall–Kier alpha value is -2.74. The van der Waals surface area contributed by atoms with Gasteiger partial charge in [-0.2, -0.15) is 0 Å². The molecule has 0 amide bonds. The number of aromatic amines is 1. The first-order valence-electron chi connectivity index (χ1n) is 6.63. The maximum Gasteiger partial charge on any atom is 0.150 e. The number of aromatic nitrogens is 1. The van der Waals surface area contributed by atoms with Crippen LogP contribution in [0.25, 0.3) is 33.5 Å². The zero-order chi connectivity index (χ0) is 13.4. The molecule has 20 heavy (non-hydrogen) atoms. The van der Waals surface area contributed by atoms with Crippen LogP contribution in [-0.4, -0.2) is 4.98 Å². The van der Waals surface area contributed by atoms with E-state index in [1.165, 1.54) is 16.5 Å². The minimum atomic E-state index is 0.861. The second-order valence-electron chi connectivity index (χ2n) is 4.76. The van der Waals surface area contributed by atoms with Crippen LogP contribution >= 0.6 is 0 Å². The van der Waals surface area contributed by atoms with E-state index in [2.05, 4.69) is 47.4 Å². The van der Waals surface area contributed by atoms with Crippen LogP contribution in [0.15, 0.2) is 77.4 Å². The lowest BCUT2D eigenvalue weighted by atomic mass is 10.0. The fraction of sp³-hybridized carbons (Fsp3) is 0. The van der Waals surface area contributed by atoms with E-state index in [1.54, 1.807) is 6.26 Å². The van der Waals surface area contributed by atoms with Crippen molar-refractivity contribution in [2.75, 3.05) is 0 Å². The van der Waals surface area contributed by atoms with Gasteiger partial charge in [-0.05, 0) is 23.8 Å². The molecule has 0 unspecified atom stereocenters. The van der Waals surface area contributed by atoms with E-state index in [-0.39, 0.29) is 0 Å². The van der Waals surface area contributed by atoms with Crippen LogP contribution in [0.1, 0.15) is 0 Å². The summed E-state index contributed by atoms with van der Waals surface area (Å²) < 4.78 is 5.58. The van der Waals surface area contributed by atoms with Crippen LogP contribution in [0.4, 0.5) is 0 Å². The Labute approximate surface area is 116 Å². The van der Waals surface area contributed by atoms with Crippen molar-refractivity contribution in [2.45, 2.75) is 0 Å². The van der Waals surface area contributed by atoms with Crippen molar-refractivity contribution < 1.29 is 4.42 Å². The van der Waals surface area contributed by atoms with E-state index < -0.39 is 0 Å². The normalized spacial score (nSPS) is 11.0. The van der Waals surface area contributed by atoms with Gasteiger partial charge in [-0.3, -0.25) is 0 Å². The molecule has 2 nitrogen and oxygen atoms in total. The molecule has 2 heterocycles. The first kappa shape index (κ1) is 11.1. The number of furan rings is 1. The topological polar surface area (TPSA) is 28.9 Å². The van der Waals surface area contributed by atoms with Gasteiger partial charge in [-0.25, -0.2) is 0 Å². The molecule has 4 aromatic rings. The van der Waals surface area contributed by atoms with Crippen LogP contribution in [0.3, 0.4) is 0 Å². The van der Waals surface area contributed by atoms with Gasteiger partial charge in [-0.1, -0.05) is 48.5 Å². The highest BCUT2D eigenvalue weighted by molar-refractivity contribution is 6.03. The SMILES string of the molecule is c1ccc(-c2c(-c3ccco3)[nH]c3ccccc23)cc1. The first-order valence-corrected chi connectivity index (χ1v) is 6.63. The molecule has 0 bridgehead atoms. The van der Waals surface area contributed by atoms with Gasteiger partial charge in [0, 0.05) is 16.5 Å². The van der Waals surface area contributed by atoms with E-state index in [1.807, 2.05) is 24.3 Å². The molecule has 0 aliphatic rings. The standard InChI is InChI=1S/C18H13NO/c1-2-7-13(8-3-1)17-14-9-4-5-10-15(14)19-18(17)16-11-6-12-20-16/h1-12,19H. The smallest absolute Gasteiger partial charge is 0.150 e. The lowest BCUT2D eigenvalue weighted by molar-refractivity contribution is 0.581. The number of benzene rings is 2. The molecule has 4 rings (SSSR count). The molecule has 0 aliphatic carbocycles. The van der Waals surface area contributed by atoms with Gasteiger partial charge in [-0.15, -0.1) is 0 Å². The van der Waals surface area contributed by atoms with E-state index >= 15 is 0 Å². The van der Waals surface area contributed by atoms with Crippen LogP contribution in [0, 0.1) is 0 Å². The monoisotopic (exact) mass is 259 g/mol. The minimum absolute atomic E-state index is 0.861. The summed E-state index contributed by atoms with van der Waals surface area (Å²) in [4.78, 5) is 3.47. The third kappa shape index (κ3) is 1.66. The molecule has 0 spiro atoms. The molecule has 0 aliphatic heterocycles. The lowest BCUT2D eigenvalue weighted by Gasteiger charge is -2.03. The number of rotatable bonds is 2. The number of hydrogen-bond acceptors (Lipinski definition) is 1. The summed E-state index contributed by atoms with van der Waals surface area (Å²) in [5, 5.41) is 1.21. The fourth-order valence-electron chi connectivity index (χ4n) is 2.65. The van der Waals surface area contributed by atoms with Gasteiger partial charge >= 0.3 is 0 Å². The zero-order valence-electron chi connectivity index (χ0n) is 10.8. The highest BCUT2D eigenvalue weighted by atomic mass is 16.3. The van der Waals surface area contributed by atoms with E-state index in [0.717, 1.165) is 17.0 Å². The Kier molecular flexibility index (Phi) is 2.46. The largest absolute Gasteiger partial charge is 0.463 e. The maximum absolute atomic E-state index is 5.58. The molecular formula is C18H13NO. The minimum Gasteiger partial charge on any atom is -0.463 e. The molecule has 96 valence electrons. The third-order valence-corrected chi connectivity index (χ3v) is 3.54. The average Bonchev–Trinajstić information content (AvgIpc) is 3.15. The second kappa shape index (κ2) is 4.42. The Balaban J connectivity index is 2.09. The van der Waals surface area contributed by atoms with Crippen molar-refractivity contribution in [1.29, 1.82) is 0 Å². The van der Waals surface area contributed by atoms with Crippen LogP contribution in [0.2, 0.25) is 0 Å². The molecule has 2 aromatic carbocycles. The number of nitrogens with one attached hydrogen (secondary N) is 1. The predicted octanol–water partition coefficient (Wildman–Crippen LogP) is 5.09. The predicted molar refractivity (Wildman–Crippen MR) is 81.4 cm³/mol. The Morgan fingerprint density at radius 2 is 1.55 bits per heavy atom. The lowest BCUT2D eigenvalue weighted by Crippen LogP contribution is -1.80. The van der Waals surface area contributed by atoms with Gasteiger partial charge in [0.1, 0.15) is 0 Å². The molecule has 0 saturated heterocycles. The van der Waals surface area contributed by atoms with Gasteiger partial charge < -0.3 is 9.40 Å². The summed E-state index contributed by atoms with van der Waals surface area (Å²) in [5.74, 6) is 0.861. The van der Waals surface area contributed by atoms with E-state index in [9.17, 15) is 0 Å². The van der Waals surface area contributed by atoms with Gasteiger partial charge in [0.15, 0.2) is 5.76 Å². The van der Waals surface area contributed by atoms with Crippen molar-refractivity contribution in [1.82, 2.24) is 4.98 Å². The average molecular weight is 259 g/mol. The van der Waals surface area contributed by atoms with Gasteiger partial charge in [0.2, 0.25) is 0 Å². The number of fused-ring (bicyclic) bond motifs is 1. The Morgan fingerprint density at radius 3 is 2.35 bits per heavy atom. The Morgan fingerprint density at radius 1 is 0.750 bits per heavy atom. The summed E-state index contributed by atoms with van der Waals surface area (Å²) in [7, 11) is 0. The van der Waals surface area contributed by atoms with Gasteiger partial charge in [0.25, 0.3) is 0 Å². The number of hydrogen-bond donors (Lipinski definition) is 1. The highest BCUT2D eigenvalue weighted by Gasteiger charge is 2.15. The summed E-state index contributed by atoms with van der Waals surface area (Å²) in [6.45, 7) is 0. The fourth-order valence-corrected chi connectivity index (χ4v) is 2.65. The molecule has 0 radical (unpaired) electrons. The molecule has 0 atom stereocenters. The summed E-state index contributed by atoms with van der Waals surface area (Å²) in [6.07, 6.45) is 1.70. The molecule has 0 saturated carbocycles. The quantitative estimate of drug-likeness (QED) is 0.533.